The largest absolute Gasteiger partial charge is 0.359 e. The van der Waals surface area contributed by atoms with E-state index in [1.54, 1.807) is 7.05 Å². The van der Waals surface area contributed by atoms with Crippen molar-refractivity contribution in [3.63, 3.8) is 0 Å². The molecule has 0 radical (unpaired) electrons. The number of carbonyl (C=O) groups excluding carboxylic acids is 1. The number of carbonyl (C=O) groups is 1. The van der Waals surface area contributed by atoms with Gasteiger partial charge in [-0.2, -0.15) is 0 Å². The number of rotatable bonds is 6. The first-order valence-electron chi connectivity index (χ1n) is 8.70. The van der Waals surface area contributed by atoms with Crippen LogP contribution in [-0.2, 0) is 4.79 Å². The molecule has 1 aliphatic rings. The van der Waals surface area contributed by atoms with Crippen LogP contribution in [0.15, 0.2) is 4.99 Å². The molecule has 1 amide bonds. The highest BCUT2D eigenvalue weighted by Gasteiger charge is 2.27. The zero-order chi connectivity index (χ0) is 16.6. The van der Waals surface area contributed by atoms with E-state index in [-0.39, 0.29) is 29.9 Å². The van der Waals surface area contributed by atoms with Gasteiger partial charge in [0.15, 0.2) is 5.96 Å². The molecule has 5 nitrogen and oxygen atoms in total. The average molecular weight is 438 g/mol. The van der Waals surface area contributed by atoms with E-state index in [1.165, 1.54) is 32.1 Å². The van der Waals surface area contributed by atoms with Gasteiger partial charge in [0.1, 0.15) is 0 Å². The Labute approximate surface area is 158 Å². The molecule has 0 aromatic carbocycles. The molecule has 0 saturated heterocycles. The van der Waals surface area contributed by atoms with Crippen LogP contribution in [0.5, 0.6) is 0 Å². The van der Waals surface area contributed by atoms with Gasteiger partial charge in [-0.1, -0.05) is 13.3 Å². The Hall–Kier alpha value is -0.530. The summed E-state index contributed by atoms with van der Waals surface area (Å²) in [5.41, 5.74) is -0.489. The number of nitrogens with one attached hydrogen (secondary N) is 3. The predicted octanol–water partition coefficient (Wildman–Crippen LogP) is 2.90. The number of halogens is 1. The van der Waals surface area contributed by atoms with Crippen molar-refractivity contribution < 1.29 is 4.79 Å². The van der Waals surface area contributed by atoms with Crippen LogP contribution in [0.1, 0.15) is 59.8 Å². The first-order valence-corrected chi connectivity index (χ1v) is 8.70. The number of hydrogen-bond acceptors (Lipinski definition) is 2. The van der Waals surface area contributed by atoms with E-state index in [1.807, 2.05) is 13.8 Å². The second kappa shape index (κ2) is 11.1. The molecule has 0 unspecified atom stereocenters. The third-order valence-electron chi connectivity index (χ3n) is 4.58. The molecule has 0 spiro atoms. The van der Waals surface area contributed by atoms with Crippen molar-refractivity contribution in [1.29, 1.82) is 0 Å². The van der Waals surface area contributed by atoms with Crippen LogP contribution in [0.3, 0.4) is 0 Å². The Kier molecular flexibility index (Phi) is 10.8. The second-order valence-electron chi connectivity index (χ2n) is 6.93. The fourth-order valence-corrected chi connectivity index (χ4v) is 2.92. The smallest absolute Gasteiger partial charge is 0.227 e. The zero-order valence-corrected chi connectivity index (χ0v) is 17.7. The van der Waals surface area contributed by atoms with Crippen molar-refractivity contribution in [1.82, 2.24) is 16.0 Å². The number of amides is 1. The van der Waals surface area contributed by atoms with Gasteiger partial charge >= 0.3 is 0 Å². The van der Waals surface area contributed by atoms with Crippen molar-refractivity contribution >= 4 is 35.8 Å². The van der Waals surface area contributed by atoms with E-state index < -0.39 is 5.41 Å². The summed E-state index contributed by atoms with van der Waals surface area (Å²) in [6.45, 7) is 9.50. The number of nitrogens with zero attached hydrogens (tertiary/aromatic N) is 1. The van der Waals surface area contributed by atoms with E-state index in [0.29, 0.717) is 12.6 Å². The van der Waals surface area contributed by atoms with Crippen molar-refractivity contribution in [2.45, 2.75) is 65.8 Å². The molecule has 1 rings (SSSR count). The zero-order valence-electron chi connectivity index (χ0n) is 15.4. The van der Waals surface area contributed by atoms with Crippen LogP contribution in [0.4, 0.5) is 0 Å². The van der Waals surface area contributed by atoms with Crippen molar-refractivity contribution in [3.05, 3.63) is 0 Å². The standard InChI is InChI=1S/C17H34N4O.HI/c1-6-13-8-10-14(11-9-13)21-16(19-7-2)20-12-17(3,4)15(22)18-5;/h13-14H,6-12H2,1-5H3,(H,18,22)(H2,19,20,21);1H. The molecule has 0 aromatic heterocycles. The molecule has 0 aromatic rings. The third kappa shape index (κ3) is 7.72. The maximum atomic E-state index is 11.8. The SMILES string of the molecule is CCNC(=NCC(C)(C)C(=O)NC)NC1CCC(CC)CC1.I. The van der Waals surface area contributed by atoms with Crippen LogP contribution in [-0.4, -0.2) is 38.0 Å². The van der Waals surface area contributed by atoms with Gasteiger partial charge in [-0.25, -0.2) is 0 Å². The quantitative estimate of drug-likeness (QED) is 0.340. The summed E-state index contributed by atoms with van der Waals surface area (Å²) in [5, 5.41) is 9.53. The van der Waals surface area contributed by atoms with Gasteiger partial charge in [0.2, 0.25) is 5.91 Å². The van der Waals surface area contributed by atoms with Gasteiger partial charge in [-0.3, -0.25) is 9.79 Å². The van der Waals surface area contributed by atoms with Crippen LogP contribution in [0.25, 0.3) is 0 Å². The number of guanidine groups is 1. The lowest BCUT2D eigenvalue weighted by Gasteiger charge is -2.30. The van der Waals surface area contributed by atoms with E-state index in [9.17, 15) is 4.79 Å². The normalized spacial score (nSPS) is 22.0. The third-order valence-corrected chi connectivity index (χ3v) is 4.58. The van der Waals surface area contributed by atoms with Crippen LogP contribution in [0, 0.1) is 11.3 Å². The molecule has 136 valence electrons. The monoisotopic (exact) mass is 438 g/mol. The summed E-state index contributed by atoms with van der Waals surface area (Å²) in [5.74, 6) is 1.75. The molecular formula is C17H35IN4O. The Morgan fingerprint density at radius 2 is 1.78 bits per heavy atom. The van der Waals surface area contributed by atoms with E-state index in [2.05, 4.69) is 34.8 Å². The first-order chi connectivity index (χ1) is 10.4. The lowest BCUT2D eigenvalue weighted by molar-refractivity contribution is -0.128. The van der Waals surface area contributed by atoms with Gasteiger partial charge in [0.25, 0.3) is 0 Å². The maximum Gasteiger partial charge on any atom is 0.227 e. The van der Waals surface area contributed by atoms with Crippen LogP contribution >= 0.6 is 24.0 Å². The van der Waals surface area contributed by atoms with Crippen LogP contribution < -0.4 is 16.0 Å². The van der Waals surface area contributed by atoms with E-state index in [0.717, 1.165) is 18.4 Å². The Morgan fingerprint density at radius 3 is 2.26 bits per heavy atom. The second-order valence-corrected chi connectivity index (χ2v) is 6.93. The lowest BCUT2D eigenvalue weighted by Crippen LogP contribution is -2.46. The summed E-state index contributed by atoms with van der Waals surface area (Å²) in [4.78, 5) is 16.5. The molecule has 23 heavy (non-hydrogen) atoms. The highest BCUT2D eigenvalue weighted by molar-refractivity contribution is 14.0. The molecule has 1 saturated carbocycles. The van der Waals surface area contributed by atoms with Crippen molar-refractivity contribution in [3.8, 4) is 0 Å². The van der Waals surface area contributed by atoms with Gasteiger partial charge in [0, 0.05) is 19.6 Å². The summed E-state index contributed by atoms with van der Waals surface area (Å²) in [6, 6.07) is 0.503. The molecule has 0 atom stereocenters. The summed E-state index contributed by atoms with van der Waals surface area (Å²) in [7, 11) is 1.67. The molecule has 0 heterocycles. The summed E-state index contributed by atoms with van der Waals surface area (Å²) in [6.07, 6.45) is 6.32. The molecule has 0 aliphatic heterocycles. The molecule has 1 fully saturated rings. The van der Waals surface area contributed by atoms with Gasteiger partial charge < -0.3 is 16.0 Å². The summed E-state index contributed by atoms with van der Waals surface area (Å²) < 4.78 is 0. The first kappa shape index (κ1) is 22.5. The highest BCUT2D eigenvalue weighted by atomic mass is 127. The molecule has 0 bridgehead atoms. The lowest BCUT2D eigenvalue weighted by atomic mass is 9.84. The molecular weight excluding hydrogens is 403 g/mol. The topological polar surface area (TPSA) is 65.5 Å². The van der Waals surface area contributed by atoms with Gasteiger partial charge in [-0.05, 0) is 52.4 Å². The molecule has 1 aliphatic carbocycles. The average Bonchev–Trinajstić information content (AvgIpc) is 2.52. The van der Waals surface area contributed by atoms with E-state index in [4.69, 9.17) is 0 Å². The van der Waals surface area contributed by atoms with Crippen molar-refractivity contribution in [2.75, 3.05) is 20.1 Å². The highest BCUT2D eigenvalue weighted by Crippen LogP contribution is 2.26. The minimum atomic E-state index is -0.489. The number of hydrogen-bond donors (Lipinski definition) is 3. The fourth-order valence-electron chi connectivity index (χ4n) is 2.92. The van der Waals surface area contributed by atoms with Crippen LogP contribution in [0.2, 0.25) is 0 Å². The summed E-state index contributed by atoms with van der Waals surface area (Å²) >= 11 is 0. The van der Waals surface area contributed by atoms with E-state index >= 15 is 0 Å². The number of aliphatic imine (C=N–C) groups is 1. The minimum absolute atomic E-state index is 0. The predicted molar refractivity (Wildman–Crippen MR) is 108 cm³/mol. The van der Waals surface area contributed by atoms with Gasteiger partial charge in [-0.15, -0.1) is 24.0 Å². The Bertz CT molecular complexity index is 377. The molecule has 6 heteroatoms. The Balaban J connectivity index is 0.00000484. The Morgan fingerprint density at radius 1 is 1.17 bits per heavy atom. The van der Waals surface area contributed by atoms with Gasteiger partial charge in [0.05, 0.1) is 12.0 Å². The fraction of sp³-hybridized carbons (Fsp3) is 0.882. The van der Waals surface area contributed by atoms with Crippen molar-refractivity contribution in [2.24, 2.45) is 16.3 Å². The maximum absolute atomic E-state index is 11.8. The minimum Gasteiger partial charge on any atom is -0.359 e. The molecule has 3 N–H and O–H groups in total.